The lowest BCUT2D eigenvalue weighted by atomic mass is 10.1. The minimum absolute atomic E-state index is 0.279. The van der Waals surface area contributed by atoms with Crippen molar-refractivity contribution in [3.8, 4) is 0 Å². The second-order valence-corrected chi connectivity index (χ2v) is 3.56. The van der Waals surface area contributed by atoms with Crippen LogP contribution in [0.4, 0.5) is 0 Å². The van der Waals surface area contributed by atoms with Crippen molar-refractivity contribution < 1.29 is 33.8 Å². The Kier molecular flexibility index (Phi) is 7.53. The average Bonchev–Trinajstić information content (AvgIpc) is 2.25. The maximum Gasteiger partial charge on any atom is 0.303 e. The molecule has 1 N–H and O–H groups in total. The predicted octanol–water partition coefficient (Wildman–Crippen LogP) is -0.608. The molecule has 0 saturated carbocycles. The molecule has 0 bridgehead atoms. The molecule has 0 aromatic heterocycles. The fourth-order valence-electron chi connectivity index (χ4n) is 1.14. The first-order valence-corrected chi connectivity index (χ1v) is 5.34. The van der Waals surface area contributed by atoms with Crippen LogP contribution in [0.2, 0.25) is 0 Å². The largest absolute Gasteiger partial charge is 0.462 e. The van der Waals surface area contributed by atoms with Gasteiger partial charge in [0.15, 0.2) is 0 Å². The van der Waals surface area contributed by atoms with Crippen LogP contribution in [-0.4, -0.2) is 47.9 Å². The molecular weight excluding hydrogens is 244 g/mol. The van der Waals surface area contributed by atoms with E-state index in [9.17, 15) is 19.2 Å². The van der Waals surface area contributed by atoms with Crippen molar-refractivity contribution in [2.24, 2.45) is 0 Å². The second kappa shape index (κ2) is 8.35. The number of aliphatic hydroxyl groups is 1. The Hall–Kier alpha value is -1.76. The van der Waals surface area contributed by atoms with E-state index in [0.717, 1.165) is 6.92 Å². The molecule has 0 aromatic rings. The van der Waals surface area contributed by atoms with Crippen molar-refractivity contribution >= 4 is 23.5 Å². The lowest BCUT2D eigenvalue weighted by molar-refractivity contribution is -0.158. The molecule has 0 aliphatic carbocycles. The fourth-order valence-corrected chi connectivity index (χ4v) is 1.14. The van der Waals surface area contributed by atoms with Crippen molar-refractivity contribution in [3.05, 3.63) is 0 Å². The summed E-state index contributed by atoms with van der Waals surface area (Å²) in [6.45, 7) is 1.60. The Morgan fingerprint density at radius 3 is 2.11 bits per heavy atom. The maximum atomic E-state index is 11.4. The van der Waals surface area contributed by atoms with Crippen LogP contribution in [0.3, 0.4) is 0 Å². The van der Waals surface area contributed by atoms with Crippen LogP contribution in [0.1, 0.15) is 26.7 Å². The van der Waals surface area contributed by atoms with Gasteiger partial charge in [0.05, 0.1) is 13.0 Å². The number of ether oxygens (including phenoxy) is 2. The molecule has 7 nitrogen and oxygen atoms in total. The molecule has 0 heterocycles. The molecule has 0 spiro atoms. The highest BCUT2D eigenvalue weighted by atomic mass is 16.6. The van der Waals surface area contributed by atoms with Gasteiger partial charge in [-0.2, -0.15) is 0 Å². The fraction of sp³-hybridized carbons (Fsp3) is 0.636. The Bertz CT molecular complexity index is 334. The number of hydrogen-bond acceptors (Lipinski definition) is 7. The summed E-state index contributed by atoms with van der Waals surface area (Å²) >= 11 is 0. The van der Waals surface area contributed by atoms with Crippen LogP contribution < -0.4 is 0 Å². The molecule has 1 unspecified atom stereocenters. The quantitative estimate of drug-likeness (QED) is 0.458. The van der Waals surface area contributed by atoms with E-state index in [1.54, 1.807) is 0 Å². The number of Topliss-reactive ketones (excluding diaryl/α,β-unsaturated/α-hetero) is 2. The number of aliphatic hydroxyl groups excluding tert-OH is 1. The summed E-state index contributed by atoms with van der Waals surface area (Å²) in [4.78, 5) is 43.9. The molecular formula is C11H16O7. The zero-order valence-electron chi connectivity index (χ0n) is 10.3. The van der Waals surface area contributed by atoms with Crippen LogP contribution in [0.5, 0.6) is 0 Å². The van der Waals surface area contributed by atoms with E-state index in [1.165, 1.54) is 6.92 Å². The van der Waals surface area contributed by atoms with Gasteiger partial charge >= 0.3 is 11.9 Å². The van der Waals surface area contributed by atoms with E-state index in [0.29, 0.717) is 0 Å². The standard InChI is InChI=1S/C11H16O7/c1-7(13)17-6-9(18-8(2)14)5-11(16)10(15)3-4-12/h9,12H,3-6H2,1-2H3. The predicted molar refractivity (Wildman–Crippen MR) is 58.5 cm³/mol. The van der Waals surface area contributed by atoms with E-state index in [2.05, 4.69) is 4.74 Å². The minimum atomic E-state index is -0.985. The van der Waals surface area contributed by atoms with Crippen molar-refractivity contribution in [1.29, 1.82) is 0 Å². The van der Waals surface area contributed by atoms with Crippen molar-refractivity contribution in [2.75, 3.05) is 13.2 Å². The third kappa shape index (κ3) is 7.50. The lowest BCUT2D eigenvalue weighted by Crippen LogP contribution is -2.29. The number of carbonyl (C=O) groups excluding carboxylic acids is 4. The summed E-state index contributed by atoms with van der Waals surface area (Å²) in [6.07, 6.45) is -1.63. The monoisotopic (exact) mass is 260 g/mol. The van der Waals surface area contributed by atoms with Crippen LogP contribution in [0.15, 0.2) is 0 Å². The highest BCUT2D eigenvalue weighted by Gasteiger charge is 2.22. The van der Waals surface area contributed by atoms with Gasteiger partial charge in [-0.25, -0.2) is 0 Å². The van der Waals surface area contributed by atoms with E-state index in [4.69, 9.17) is 9.84 Å². The molecule has 1 atom stereocenters. The lowest BCUT2D eigenvalue weighted by Gasteiger charge is -2.15. The summed E-state index contributed by atoms with van der Waals surface area (Å²) < 4.78 is 9.36. The van der Waals surface area contributed by atoms with E-state index in [-0.39, 0.29) is 19.4 Å². The number of esters is 2. The second-order valence-electron chi connectivity index (χ2n) is 3.56. The van der Waals surface area contributed by atoms with E-state index in [1.807, 2.05) is 0 Å². The molecule has 0 amide bonds. The Morgan fingerprint density at radius 2 is 1.67 bits per heavy atom. The summed E-state index contributed by atoms with van der Waals surface area (Å²) in [7, 11) is 0. The van der Waals surface area contributed by atoms with Gasteiger partial charge in [0.25, 0.3) is 0 Å². The van der Waals surface area contributed by atoms with Gasteiger partial charge in [-0.05, 0) is 0 Å². The number of ketones is 2. The zero-order chi connectivity index (χ0) is 14.1. The first-order valence-electron chi connectivity index (χ1n) is 5.34. The number of hydrogen-bond donors (Lipinski definition) is 1. The summed E-state index contributed by atoms with van der Waals surface area (Å²) in [5, 5.41) is 8.51. The molecule has 18 heavy (non-hydrogen) atoms. The van der Waals surface area contributed by atoms with Gasteiger partial charge in [0.1, 0.15) is 12.7 Å². The topological polar surface area (TPSA) is 107 Å². The van der Waals surface area contributed by atoms with Gasteiger partial charge in [-0.15, -0.1) is 0 Å². The SMILES string of the molecule is CC(=O)OCC(CC(=O)C(=O)CCO)OC(C)=O. The summed E-state index contributed by atoms with van der Waals surface area (Å²) in [5.41, 5.74) is 0. The van der Waals surface area contributed by atoms with Crippen LogP contribution in [0.25, 0.3) is 0 Å². The average molecular weight is 260 g/mol. The highest BCUT2D eigenvalue weighted by Crippen LogP contribution is 2.04. The Balaban J connectivity index is 4.38. The first kappa shape index (κ1) is 16.2. The molecule has 102 valence electrons. The molecule has 7 heteroatoms. The van der Waals surface area contributed by atoms with Gasteiger partial charge in [0, 0.05) is 20.3 Å². The molecule has 0 radical (unpaired) electrons. The minimum Gasteiger partial charge on any atom is -0.462 e. The molecule has 0 aliphatic heterocycles. The normalized spacial score (nSPS) is 11.5. The first-order chi connectivity index (χ1) is 8.36. The Labute approximate surface area is 104 Å². The van der Waals surface area contributed by atoms with Crippen molar-refractivity contribution in [2.45, 2.75) is 32.8 Å². The van der Waals surface area contributed by atoms with E-state index >= 15 is 0 Å². The summed E-state index contributed by atoms with van der Waals surface area (Å²) in [5.74, 6) is -2.75. The molecule has 0 rings (SSSR count). The zero-order valence-corrected chi connectivity index (χ0v) is 10.3. The number of rotatable bonds is 8. The van der Waals surface area contributed by atoms with Crippen LogP contribution >= 0.6 is 0 Å². The van der Waals surface area contributed by atoms with Crippen molar-refractivity contribution in [3.63, 3.8) is 0 Å². The van der Waals surface area contributed by atoms with Crippen LogP contribution in [0, 0.1) is 0 Å². The van der Waals surface area contributed by atoms with E-state index < -0.39 is 36.2 Å². The van der Waals surface area contributed by atoms with Gasteiger partial charge < -0.3 is 14.6 Å². The Morgan fingerprint density at radius 1 is 1.06 bits per heavy atom. The molecule has 0 fully saturated rings. The number of carbonyl (C=O) groups is 4. The van der Waals surface area contributed by atoms with Gasteiger partial charge in [-0.1, -0.05) is 0 Å². The molecule has 0 aliphatic rings. The van der Waals surface area contributed by atoms with Crippen molar-refractivity contribution in [1.82, 2.24) is 0 Å². The van der Waals surface area contributed by atoms with Crippen LogP contribution in [-0.2, 0) is 28.7 Å². The summed E-state index contributed by atoms with van der Waals surface area (Å²) in [6, 6.07) is 0. The third-order valence-corrected chi connectivity index (χ3v) is 1.87. The third-order valence-electron chi connectivity index (χ3n) is 1.87. The highest BCUT2D eigenvalue weighted by molar-refractivity contribution is 6.37. The molecule has 0 saturated heterocycles. The van der Waals surface area contributed by atoms with Gasteiger partial charge in [0.2, 0.25) is 11.6 Å². The van der Waals surface area contributed by atoms with Gasteiger partial charge in [-0.3, -0.25) is 19.2 Å². The smallest absolute Gasteiger partial charge is 0.303 e. The molecule has 0 aromatic carbocycles. The maximum absolute atomic E-state index is 11.4.